The normalized spacial score (nSPS) is 17.3. The molecule has 6 aromatic carbocycles. The highest BCUT2D eigenvalue weighted by Crippen LogP contribution is 2.60. The molecule has 0 unspecified atom stereocenters. The van der Waals surface area contributed by atoms with E-state index in [-0.39, 0.29) is 0 Å². The summed E-state index contributed by atoms with van der Waals surface area (Å²) in [6.45, 7) is 0. The fourth-order valence-electron chi connectivity index (χ4n) is 8.17. The van der Waals surface area contributed by atoms with Gasteiger partial charge >= 0.3 is 0 Å². The summed E-state index contributed by atoms with van der Waals surface area (Å²) in [5, 5.41) is 16.0. The zero-order valence-corrected chi connectivity index (χ0v) is 49.8. The van der Waals surface area contributed by atoms with Gasteiger partial charge in [-0.2, -0.15) is 0 Å². The predicted octanol–water partition coefficient (Wildman–Crippen LogP) is 18.1. The summed E-state index contributed by atoms with van der Waals surface area (Å²) in [6.07, 6.45) is 22.4. The van der Waals surface area contributed by atoms with Gasteiger partial charge in [-0.05, 0) is 116 Å². The van der Waals surface area contributed by atoms with Crippen LogP contribution in [0.2, 0.25) is 0 Å². The molecule has 4 aliphatic heterocycles. The Morgan fingerprint density at radius 2 is 0.485 bits per heavy atom. The second-order valence-electron chi connectivity index (χ2n) is 14.4. The Bertz CT molecular complexity index is 3170. The molecule has 0 aliphatic carbocycles. The van der Waals surface area contributed by atoms with Crippen LogP contribution >= 0.6 is 188 Å². The molecule has 0 spiro atoms. The van der Waals surface area contributed by atoms with Gasteiger partial charge < -0.3 is 0 Å². The number of thioether (sulfide) groups is 16. The number of hydrogen-bond acceptors (Lipinski definition) is 16. The van der Waals surface area contributed by atoms with Crippen molar-refractivity contribution in [2.45, 2.75) is 0 Å². The third-order valence-corrected chi connectivity index (χ3v) is 31.9. The van der Waals surface area contributed by atoms with Crippen LogP contribution in [0.15, 0.2) is 119 Å². The van der Waals surface area contributed by atoms with Crippen LogP contribution in [0.4, 0.5) is 0 Å². The highest BCUT2D eigenvalue weighted by molar-refractivity contribution is 8.47. The summed E-state index contributed by atoms with van der Waals surface area (Å²) >= 11 is 30.5. The SMILES string of the molecule is CSC1=C(SC)SC(=c2c3ccccc3c(=C3SC(SC)=C(SC)S3)c3cc(/C=C/c4ccc5c(=C6SC(SC)=C(SC)S6)c6ccccc6c(=C6SC(SC)=C(SC)S6)c5c4)ccc23)S1. The Labute approximate surface area is 455 Å². The lowest BCUT2D eigenvalue weighted by molar-refractivity contribution is 1.65. The van der Waals surface area contributed by atoms with Crippen molar-refractivity contribution < 1.29 is 0 Å². The van der Waals surface area contributed by atoms with Gasteiger partial charge in [0.05, 0.1) is 50.8 Å². The van der Waals surface area contributed by atoms with E-state index in [2.05, 4.69) is 147 Å². The lowest BCUT2D eigenvalue weighted by atomic mass is 9.96. The van der Waals surface area contributed by atoms with Gasteiger partial charge in [-0.1, -0.05) is 179 Å². The first kappa shape index (κ1) is 49.7. The molecule has 0 saturated carbocycles. The van der Waals surface area contributed by atoms with Crippen LogP contribution < -0.4 is 20.9 Å². The Hall–Kier alpha value is 0.140. The minimum atomic E-state index is 1.20. The third kappa shape index (κ3) is 9.38. The average molecular weight is 1150 g/mol. The molecule has 0 bridgehead atoms. The molecule has 0 nitrogen and oxygen atoms in total. The first-order valence-electron chi connectivity index (χ1n) is 20.2. The molecule has 0 saturated heterocycles. The van der Waals surface area contributed by atoms with Gasteiger partial charge in [0, 0.05) is 20.9 Å². The fourth-order valence-corrected chi connectivity index (χ4v) is 28.7. The lowest BCUT2D eigenvalue weighted by Gasteiger charge is -2.13. The average Bonchev–Trinajstić information content (AvgIpc) is 4.18. The molecule has 66 heavy (non-hydrogen) atoms. The number of fused-ring (bicyclic) bond motifs is 4. The van der Waals surface area contributed by atoms with E-state index in [0.29, 0.717) is 0 Å². The zero-order chi connectivity index (χ0) is 45.6. The van der Waals surface area contributed by atoms with Crippen molar-refractivity contribution in [2.24, 2.45) is 0 Å². The van der Waals surface area contributed by atoms with E-state index in [1.165, 1.54) is 126 Å². The highest BCUT2D eigenvalue weighted by atomic mass is 32.3. The minimum Gasteiger partial charge on any atom is -0.121 e. The quantitative estimate of drug-likeness (QED) is 0.0943. The third-order valence-electron chi connectivity index (χ3n) is 11.0. The zero-order valence-electron chi connectivity index (χ0n) is 36.8. The molecule has 6 aromatic rings. The van der Waals surface area contributed by atoms with Gasteiger partial charge in [0.2, 0.25) is 0 Å². The van der Waals surface area contributed by atoms with E-state index in [1.807, 2.05) is 188 Å². The molecule has 0 N–H and O–H groups in total. The van der Waals surface area contributed by atoms with Gasteiger partial charge in [-0.3, -0.25) is 0 Å². The molecule has 4 aliphatic rings. The van der Waals surface area contributed by atoms with Crippen LogP contribution in [0, 0.1) is 0 Å². The summed E-state index contributed by atoms with van der Waals surface area (Å²) < 4.78 is 16.7. The Kier molecular flexibility index (Phi) is 16.6. The van der Waals surface area contributed by atoms with Crippen LogP contribution in [0.25, 0.3) is 72.2 Å². The lowest BCUT2D eigenvalue weighted by Crippen LogP contribution is -2.17. The van der Waals surface area contributed by atoms with Crippen molar-refractivity contribution in [1.82, 2.24) is 0 Å². The first-order chi connectivity index (χ1) is 32.3. The summed E-state index contributed by atoms with van der Waals surface area (Å²) in [4.78, 5) is 0. The monoisotopic (exact) mass is 1150 g/mol. The van der Waals surface area contributed by atoms with Crippen molar-refractivity contribution in [2.75, 3.05) is 50.0 Å². The summed E-state index contributed by atoms with van der Waals surface area (Å²) in [5.74, 6) is 0. The van der Waals surface area contributed by atoms with Crippen LogP contribution in [0.3, 0.4) is 0 Å². The predicted molar refractivity (Wildman–Crippen MR) is 341 cm³/mol. The maximum absolute atomic E-state index is 2.47. The van der Waals surface area contributed by atoms with Gasteiger partial charge in [0.25, 0.3) is 0 Å². The fraction of sp³-hybridized carbons (Fsp3) is 0.160. The molecule has 0 atom stereocenters. The Morgan fingerprint density at radius 1 is 0.273 bits per heavy atom. The summed E-state index contributed by atoms with van der Waals surface area (Å²) in [6, 6.07) is 32.7. The van der Waals surface area contributed by atoms with Crippen molar-refractivity contribution in [3.63, 3.8) is 0 Å². The van der Waals surface area contributed by atoms with Crippen LogP contribution in [-0.4, -0.2) is 50.0 Å². The number of hydrogen-bond donors (Lipinski definition) is 0. The van der Waals surface area contributed by atoms with E-state index >= 15 is 0 Å². The Balaban J connectivity index is 1.19. The molecule has 0 fully saturated rings. The molecule has 16 heteroatoms. The smallest absolute Gasteiger partial charge is 0.0657 e. The van der Waals surface area contributed by atoms with Gasteiger partial charge in [-0.15, -0.1) is 94.1 Å². The molecule has 0 amide bonds. The van der Waals surface area contributed by atoms with Crippen molar-refractivity contribution >= 4 is 260 Å². The topological polar surface area (TPSA) is 0 Å². The van der Waals surface area contributed by atoms with Crippen LogP contribution in [0.5, 0.6) is 0 Å². The number of benzene rings is 6. The van der Waals surface area contributed by atoms with Gasteiger partial charge in [-0.25, -0.2) is 0 Å². The molecule has 10 rings (SSSR count). The maximum atomic E-state index is 2.47. The van der Waals surface area contributed by atoms with Crippen LogP contribution in [-0.2, 0) is 0 Å². The van der Waals surface area contributed by atoms with Gasteiger partial charge in [0.15, 0.2) is 0 Å². The summed E-state index contributed by atoms with van der Waals surface area (Å²) in [7, 11) is 0. The molecule has 336 valence electrons. The van der Waals surface area contributed by atoms with Gasteiger partial charge in [0.1, 0.15) is 0 Å². The second-order valence-corrected chi connectivity index (χ2v) is 32.2. The molecular weight excluding hydrogens is 1110 g/mol. The summed E-state index contributed by atoms with van der Waals surface area (Å²) in [5.41, 5.74) is 2.41. The Morgan fingerprint density at radius 3 is 0.712 bits per heavy atom. The largest absolute Gasteiger partial charge is 0.121 e. The van der Waals surface area contributed by atoms with E-state index in [1.54, 1.807) is 0 Å². The minimum absolute atomic E-state index is 1.20. The van der Waals surface area contributed by atoms with E-state index < -0.39 is 0 Å². The van der Waals surface area contributed by atoms with E-state index in [0.717, 1.165) is 0 Å². The second kappa shape index (κ2) is 22.1. The van der Waals surface area contributed by atoms with E-state index in [4.69, 9.17) is 0 Å². The van der Waals surface area contributed by atoms with E-state index in [9.17, 15) is 0 Å². The van der Waals surface area contributed by atoms with Crippen molar-refractivity contribution in [1.29, 1.82) is 0 Å². The first-order valence-corrected chi connectivity index (χ1v) is 36.5. The molecule has 0 aromatic heterocycles. The number of rotatable bonds is 10. The highest BCUT2D eigenvalue weighted by Gasteiger charge is 2.28. The molecule has 4 heterocycles. The van der Waals surface area contributed by atoms with Crippen molar-refractivity contribution in [3.05, 3.63) is 151 Å². The van der Waals surface area contributed by atoms with Crippen molar-refractivity contribution in [3.8, 4) is 0 Å². The maximum Gasteiger partial charge on any atom is 0.0657 e. The molecule has 0 radical (unpaired) electrons. The molecular formula is C50H40S16. The van der Waals surface area contributed by atoms with Crippen LogP contribution in [0.1, 0.15) is 11.1 Å². The standard InChI is InChI=1S/C50H40S16/c1-51-43-44(52-2)60-39(59-43)35-27-13-9-11-15-29(27)37(41-63-47(55-5)48(56-6)64-41)33-23-25(19-21-31(33)35)17-18-26-20-22-32-34(24-26)38(42-65-49(57-7)50(58-8)66-42)30-16-12-10-14-28(30)36(32)40-61-45(53-3)46(54-4)62-40/h9-24H,1-8H3/b18-17+.